The molecule has 0 heterocycles. The van der Waals surface area contributed by atoms with E-state index in [2.05, 4.69) is 5.32 Å². The molecule has 2 aromatic carbocycles. The van der Waals surface area contributed by atoms with Crippen LogP contribution in [0.5, 0.6) is 0 Å². The van der Waals surface area contributed by atoms with E-state index in [1.165, 1.54) is 5.56 Å². The quantitative estimate of drug-likeness (QED) is 0.729. The van der Waals surface area contributed by atoms with Crippen molar-refractivity contribution >= 4 is 17.7 Å². The molecule has 0 atom stereocenters. The highest BCUT2D eigenvalue weighted by molar-refractivity contribution is 5.90. The van der Waals surface area contributed by atoms with Crippen molar-refractivity contribution in [2.24, 2.45) is 0 Å². The number of hydrogen-bond donors (Lipinski definition) is 3. The number of amides is 1. The van der Waals surface area contributed by atoms with Crippen LogP contribution in [-0.2, 0) is 4.79 Å². The maximum absolute atomic E-state index is 10.8. The molecule has 2 aromatic rings. The normalized spacial score (nSPS) is 10.4. The third-order valence-corrected chi connectivity index (χ3v) is 3.02. The van der Waals surface area contributed by atoms with Crippen molar-refractivity contribution in [2.75, 3.05) is 5.32 Å². The maximum atomic E-state index is 10.8. The molecule has 0 aliphatic heterocycles. The van der Waals surface area contributed by atoms with E-state index in [9.17, 15) is 18.0 Å². The summed E-state index contributed by atoms with van der Waals surface area (Å²) < 4.78 is 31.7. The largest absolute Gasteiger partial charge is 0.490 e. The first-order valence-corrected chi connectivity index (χ1v) is 6.98. The zero-order valence-corrected chi connectivity index (χ0v) is 13.4. The van der Waals surface area contributed by atoms with Gasteiger partial charge < -0.3 is 10.2 Å². The first-order valence-electron chi connectivity index (χ1n) is 6.98. The minimum Gasteiger partial charge on any atom is -0.475 e. The van der Waals surface area contributed by atoms with Crippen molar-refractivity contribution in [3.63, 3.8) is 0 Å². The van der Waals surface area contributed by atoms with Gasteiger partial charge in [0.2, 0.25) is 0 Å². The lowest BCUT2D eigenvalue weighted by Gasteiger charge is -2.10. The minimum atomic E-state index is -5.08. The van der Waals surface area contributed by atoms with Crippen LogP contribution in [0.1, 0.15) is 11.1 Å². The molecule has 25 heavy (non-hydrogen) atoms. The third kappa shape index (κ3) is 6.54. The highest BCUT2D eigenvalue weighted by atomic mass is 19.4. The molecule has 0 unspecified atom stereocenters. The molecule has 134 valence electrons. The highest BCUT2D eigenvalue weighted by Crippen LogP contribution is 2.29. The van der Waals surface area contributed by atoms with Crippen LogP contribution in [0.15, 0.2) is 42.5 Å². The Morgan fingerprint density at radius 1 is 0.920 bits per heavy atom. The summed E-state index contributed by atoms with van der Waals surface area (Å²) in [6, 6.07) is 13.8. The lowest BCUT2D eigenvalue weighted by atomic mass is 10.0. The Morgan fingerprint density at radius 3 is 1.84 bits per heavy atom. The van der Waals surface area contributed by atoms with Crippen LogP contribution in [0.25, 0.3) is 11.1 Å². The van der Waals surface area contributed by atoms with Crippen LogP contribution in [0.2, 0.25) is 0 Å². The third-order valence-electron chi connectivity index (χ3n) is 3.02. The SMILES string of the molecule is Cc1ccc(-c2ccc(C)cc2NC(=O)O)cc1.O=C(O)C(F)(F)F. The van der Waals surface area contributed by atoms with Crippen molar-refractivity contribution in [2.45, 2.75) is 20.0 Å². The fraction of sp³-hybridized carbons (Fsp3) is 0.176. The van der Waals surface area contributed by atoms with Gasteiger partial charge in [0.05, 0.1) is 5.69 Å². The summed E-state index contributed by atoms with van der Waals surface area (Å²) in [6.45, 7) is 3.96. The molecule has 0 spiro atoms. The zero-order valence-electron chi connectivity index (χ0n) is 13.4. The molecule has 0 aliphatic carbocycles. The second-order valence-electron chi connectivity index (χ2n) is 5.15. The van der Waals surface area contributed by atoms with Crippen LogP contribution in [0, 0.1) is 13.8 Å². The molecular formula is C17H16F3NO4. The number of alkyl halides is 3. The van der Waals surface area contributed by atoms with Crippen molar-refractivity contribution in [3.8, 4) is 11.1 Å². The summed E-state index contributed by atoms with van der Waals surface area (Å²) in [4.78, 5) is 19.7. The standard InChI is InChI=1S/C15H15NO2.C2HF3O2/c1-10-3-6-12(7-4-10)13-8-5-11(2)9-14(13)16-15(17)18;3-2(4,5)1(6)7/h3-9,16H,1-2H3,(H,17,18);(H,6,7). The predicted molar refractivity (Wildman–Crippen MR) is 86.7 cm³/mol. The fourth-order valence-electron chi connectivity index (χ4n) is 1.86. The van der Waals surface area contributed by atoms with E-state index in [4.69, 9.17) is 15.0 Å². The molecule has 2 rings (SSSR count). The summed E-state index contributed by atoms with van der Waals surface area (Å²) in [6.07, 6.45) is -6.13. The lowest BCUT2D eigenvalue weighted by molar-refractivity contribution is -0.192. The average Bonchev–Trinajstić information content (AvgIpc) is 2.47. The van der Waals surface area contributed by atoms with E-state index in [0.29, 0.717) is 5.69 Å². The molecule has 5 nitrogen and oxygen atoms in total. The van der Waals surface area contributed by atoms with Gasteiger partial charge in [0.25, 0.3) is 0 Å². The van der Waals surface area contributed by atoms with E-state index in [-0.39, 0.29) is 0 Å². The summed E-state index contributed by atoms with van der Waals surface area (Å²) in [5.41, 5.74) is 4.71. The Morgan fingerprint density at radius 2 is 1.40 bits per heavy atom. The Labute approximate surface area is 141 Å². The van der Waals surface area contributed by atoms with E-state index < -0.39 is 18.2 Å². The topological polar surface area (TPSA) is 86.6 Å². The molecule has 0 aromatic heterocycles. The summed E-state index contributed by atoms with van der Waals surface area (Å²) in [5.74, 6) is -2.76. The van der Waals surface area contributed by atoms with Gasteiger partial charge in [0.1, 0.15) is 0 Å². The molecule has 1 amide bonds. The monoisotopic (exact) mass is 355 g/mol. The number of aryl methyl sites for hydroxylation is 2. The summed E-state index contributed by atoms with van der Waals surface area (Å²) in [5, 5.41) is 18.4. The molecular weight excluding hydrogens is 339 g/mol. The Balaban J connectivity index is 0.000000381. The van der Waals surface area contributed by atoms with Crippen LogP contribution < -0.4 is 5.32 Å². The van der Waals surface area contributed by atoms with E-state index in [0.717, 1.165) is 16.7 Å². The van der Waals surface area contributed by atoms with E-state index >= 15 is 0 Å². The van der Waals surface area contributed by atoms with Crippen LogP contribution in [0.3, 0.4) is 0 Å². The number of aliphatic carboxylic acids is 1. The molecule has 0 fully saturated rings. The molecule has 0 bridgehead atoms. The van der Waals surface area contributed by atoms with E-state index in [1.54, 1.807) is 0 Å². The summed E-state index contributed by atoms with van der Waals surface area (Å²) >= 11 is 0. The lowest BCUT2D eigenvalue weighted by Crippen LogP contribution is -2.21. The molecule has 0 saturated carbocycles. The van der Waals surface area contributed by atoms with Crippen molar-refractivity contribution in [1.82, 2.24) is 0 Å². The predicted octanol–water partition coefficient (Wildman–Crippen LogP) is 4.69. The van der Waals surface area contributed by atoms with Gasteiger partial charge in [-0.1, -0.05) is 42.0 Å². The average molecular weight is 355 g/mol. The molecule has 0 saturated heterocycles. The van der Waals surface area contributed by atoms with Gasteiger partial charge in [-0.25, -0.2) is 9.59 Å². The maximum Gasteiger partial charge on any atom is 0.490 e. The Kier molecular flexibility index (Phi) is 6.55. The van der Waals surface area contributed by atoms with Crippen LogP contribution in [-0.4, -0.2) is 28.5 Å². The second-order valence-corrected chi connectivity index (χ2v) is 5.15. The number of carboxylic acid groups (broad SMARTS) is 2. The first-order chi connectivity index (χ1) is 11.5. The van der Waals surface area contributed by atoms with Gasteiger partial charge in [-0.15, -0.1) is 0 Å². The molecule has 3 N–H and O–H groups in total. The second kappa shape index (κ2) is 8.18. The number of rotatable bonds is 2. The number of carboxylic acids is 1. The molecule has 0 aliphatic rings. The molecule has 8 heteroatoms. The highest BCUT2D eigenvalue weighted by Gasteiger charge is 2.38. The number of carbonyl (C=O) groups is 2. The first kappa shape index (κ1) is 20.0. The van der Waals surface area contributed by atoms with Gasteiger partial charge in [0, 0.05) is 5.56 Å². The van der Waals surface area contributed by atoms with E-state index in [1.807, 2.05) is 56.3 Å². The number of benzene rings is 2. The van der Waals surface area contributed by atoms with Crippen molar-refractivity contribution in [3.05, 3.63) is 53.6 Å². The number of hydrogen-bond acceptors (Lipinski definition) is 2. The van der Waals surface area contributed by atoms with Gasteiger partial charge in [-0.2, -0.15) is 13.2 Å². The number of halogens is 3. The Bertz CT molecular complexity index is 755. The fourth-order valence-corrected chi connectivity index (χ4v) is 1.86. The van der Waals surface area contributed by atoms with Crippen LogP contribution in [0.4, 0.5) is 23.7 Å². The number of nitrogens with one attached hydrogen (secondary N) is 1. The zero-order chi connectivity index (χ0) is 19.2. The van der Waals surface area contributed by atoms with Gasteiger partial charge in [0.15, 0.2) is 0 Å². The van der Waals surface area contributed by atoms with Gasteiger partial charge in [-0.05, 0) is 31.0 Å². The smallest absolute Gasteiger partial charge is 0.475 e. The Hall–Kier alpha value is -3.03. The van der Waals surface area contributed by atoms with Gasteiger partial charge >= 0.3 is 18.2 Å². The molecule has 0 radical (unpaired) electrons. The summed E-state index contributed by atoms with van der Waals surface area (Å²) in [7, 11) is 0. The van der Waals surface area contributed by atoms with Crippen molar-refractivity contribution < 1.29 is 33.0 Å². The van der Waals surface area contributed by atoms with Gasteiger partial charge in [-0.3, -0.25) is 5.32 Å². The minimum absolute atomic E-state index is 0.617. The van der Waals surface area contributed by atoms with Crippen LogP contribution >= 0.6 is 0 Å². The van der Waals surface area contributed by atoms with Crippen molar-refractivity contribution in [1.29, 1.82) is 0 Å². The number of anilines is 1.